The van der Waals surface area contributed by atoms with E-state index in [1.54, 1.807) is 48.5 Å². The van der Waals surface area contributed by atoms with Gasteiger partial charge < -0.3 is 9.47 Å². The van der Waals surface area contributed by atoms with Crippen LogP contribution >= 0.6 is 0 Å². The zero-order valence-corrected chi connectivity index (χ0v) is 13.5. The van der Waals surface area contributed by atoms with Gasteiger partial charge in [0.15, 0.2) is 11.5 Å². The lowest BCUT2D eigenvalue weighted by atomic mass is 9.91. The molecule has 0 saturated carbocycles. The van der Waals surface area contributed by atoms with Crippen LogP contribution in [0.4, 0.5) is 0 Å². The summed E-state index contributed by atoms with van der Waals surface area (Å²) in [5.41, 5.74) is -0.168. The van der Waals surface area contributed by atoms with E-state index < -0.39 is 11.4 Å². The van der Waals surface area contributed by atoms with Crippen molar-refractivity contribution in [2.24, 2.45) is 5.41 Å². The molecule has 0 amide bonds. The van der Waals surface area contributed by atoms with Crippen LogP contribution in [0.3, 0.4) is 0 Å². The zero-order chi connectivity index (χ0) is 16.9. The second kappa shape index (κ2) is 7.09. The van der Waals surface area contributed by atoms with Gasteiger partial charge >= 0.3 is 11.9 Å². The molecule has 0 aromatic heterocycles. The fourth-order valence-electron chi connectivity index (χ4n) is 1.73. The Hall–Kier alpha value is -2.62. The summed E-state index contributed by atoms with van der Waals surface area (Å²) in [7, 11) is 0. The minimum Gasteiger partial charge on any atom is -0.422 e. The van der Waals surface area contributed by atoms with E-state index in [-0.39, 0.29) is 17.5 Å². The third-order valence-corrected chi connectivity index (χ3v) is 3.70. The summed E-state index contributed by atoms with van der Waals surface area (Å²) in [5, 5.41) is 0. The number of benzene rings is 2. The Labute approximate surface area is 136 Å². The quantitative estimate of drug-likeness (QED) is 0.612. The van der Waals surface area contributed by atoms with Crippen LogP contribution in [0.1, 0.15) is 37.6 Å². The van der Waals surface area contributed by atoms with Crippen LogP contribution in [0, 0.1) is 5.41 Å². The first-order valence-corrected chi connectivity index (χ1v) is 7.52. The van der Waals surface area contributed by atoms with Gasteiger partial charge in [-0.2, -0.15) is 0 Å². The Balaban J connectivity index is 2.18. The summed E-state index contributed by atoms with van der Waals surface area (Å²) in [5.74, 6) is -0.392. The molecule has 0 unspecified atom stereocenters. The lowest BCUT2D eigenvalue weighted by Gasteiger charge is -2.20. The van der Waals surface area contributed by atoms with Crippen LogP contribution in [0.15, 0.2) is 54.6 Å². The highest BCUT2D eigenvalue weighted by atomic mass is 16.6. The molecule has 0 aliphatic carbocycles. The molecule has 0 N–H and O–H groups in total. The van der Waals surface area contributed by atoms with Crippen molar-refractivity contribution in [2.75, 3.05) is 0 Å². The first kappa shape index (κ1) is 16.7. The predicted octanol–water partition coefficient (Wildman–Crippen LogP) is 4.25. The van der Waals surface area contributed by atoms with Crippen molar-refractivity contribution in [1.82, 2.24) is 0 Å². The molecule has 2 aromatic rings. The molecule has 120 valence electrons. The van der Waals surface area contributed by atoms with Crippen molar-refractivity contribution in [2.45, 2.75) is 27.2 Å². The van der Waals surface area contributed by atoms with Gasteiger partial charge in [0.2, 0.25) is 0 Å². The molecule has 4 nitrogen and oxygen atoms in total. The number of ether oxygens (including phenoxy) is 2. The molecule has 2 aromatic carbocycles. The number of hydrogen-bond donors (Lipinski definition) is 0. The minimum atomic E-state index is -0.601. The van der Waals surface area contributed by atoms with Crippen LogP contribution in [-0.2, 0) is 4.79 Å². The molecule has 2 rings (SSSR count). The maximum atomic E-state index is 12.2. The van der Waals surface area contributed by atoms with Crippen molar-refractivity contribution >= 4 is 11.9 Å². The van der Waals surface area contributed by atoms with Crippen LogP contribution in [0.5, 0.6) is 11.5 Å². The van der Waals surface area contributed by atoms with E-state index in [4.69, 9.17) is 9.47 Å². The standard InChI is InChI=1S/C19H20O4/c1-4-19(2,3)18(21)23-16-13-9-8-12-15(16)22-17(20)14-10-6-5-7-11-14/h5-13H,4H2,1-3H3. The van der Waals surface area contributed by atoms with E-state index >= 15 is 0 Å². The van der Waals surface area contributed by atoms with E-state index in [0.29, 0.717) is 12.0 Å². The third kappa shape index (κ3) is 4.19. The summed E-state index contributed by atoms with van der Waals surface area (Å²) >= 11 is 0. The van der Waals surface area contributed by atoms with Crippen molar-refractivity contribution in [3.63, 3.8) is 0 Å². The molecule has 0 radical (unpaired) electrons. The summed E-state index contributed by atoms with van der Waals surface area (Å²) in [4.78, 5) is 24.4. The highest BCUT2D eigenvalue weighted by Gasteiger charge is 2.28. The summed E-state index contributed by atoms with van der Waals surface area (Å²) in [6.45, 7) is 5.55. The SMILES string of the molecule is CCC(C)(C)C(=O)Oc1ccccc1OC(=O)c1ccccc1. The monoisotopic (exact) mass is 312 g/mol. The van der Waals surface area contributed by atoms with E-state index in [1.807, 2.05) is 26.8 Å². The summed E-state index contributed by atoms with van der Waals surface area (Å²) in [6.07, 6.45) is 0.651. The zero-order valence-electron chi connectivity index (χ0n) is 13.5. The molecular formula is C19H20O4. The molecular weight excluding hydrogens is 292 g/mol. The average Bonchev–Trinajstić information content (AvgIpc) is 2.57. The van der Waals surface area contributed by atoms with Gasteiger partial charge in [-0.25, -0.2) is 4.79 Å². The van der Waals surface area contributed by atoms with E-state index in [1.165, 1.54) is 0 Å². The first-order valence-electron chi connectivity index (χ1n) is 7.52. The fraction of sp³-hybridized carbons (Fsp3) is 0.263. The fourth-order valence-corrected chi connectivity index (χ4v) is 1.73. The molecule has 0 aliphatic rings. The molecule has 0 heterocycles. The lowest BCUT2D eigenvalue weighted by Crippen LogP contribution is -2.28. The van der Waals surface area contributed by atoms with Gasteiger partial charge in [-0.05, 0) is 44.5 Å². The smallest absolute Gasteiger partial charge is 0.343 e. The number of esters is 2. The van der Waals surface area contributed by atoms with Crippen LogP contribution in [0.25, 0.3) is 0 Å². The highest BCUT2D eigenvalue weighted by Crippen LogP contribution is 2.30. The lowest BCUT2D eigenvalue weighted by molar-refractivity contribution is -0.144. The van der Waals surface area contributed by atoms with Crippen LogP contribution < -0.4 is 9.47 Å². The molecule has 0 aliphatic heterocycles. The Morgan fingerprint density at radius 2 is 1.39 bits per heavy atom. The van der Waals surface area contributed by atoms with Gasteiger partial charge in [0, 0.05) is 0 Å². The summed E-state index contributed by atoms with van der Waals surface area (Å²) < 4.78 is 10.8. The Bertz CT molecular complexity index is 690. The van der Waals surface area contributed by atoms with Crippen molar-refractivity contribution in [1.29, 1.82) is 0 Å². The molecule has 23 heavy (non-hydrogen) atoms. The predicted molar refractivity (Wildman–Crippen MR) is 87.5 cm³/mol. The highest BCUT2D eigenvalue weighted by molar-refractivity contribution is 5.91. The maximum absolute atomic E-state index is 12.2. The second-order valence-electron chi connectivity index (χ2n) is 5.83. The number of hydrogen-bond acceptors (Lipinski definition) is 4. The van der Waals surface area contributed by atoms with Crippen molar-refractivity contribution in [3.05, 3.63) is 60.2 Å². The van der Waals surface area contributed by atoms with Crippen molar-refractivity contribution in [3.8, 4) is 11.5 Å². The van der Waals surface area contributed by atoms with E-state index in [9.17, 15) is 9.59 Å². The largest absolute Gasteiger partial charge is 0.422 e. The minimum absolute atomic E-state index is 0.224. The molecule has 0 spiro atoms. The summed E-state index contributed by atoms with van der Waals surface area (Å²) in [6, 6.07) is 15.3. The third-order valence-electron chi connectivity index (χ3n) is 3.70. The van der Waals surface area contributed by atoms with E-state index in [0.717, 1.165) is 0 Å². The van der Waals surface area contributed by atoms with Gasteiger partial charge in [0.25, 0.3) is 0 Å². The van der Waals surface area contributed by atoms with Gasteiger partial charge in [0.1, 0.15) is 0 Å². The van der Waals surface area contributed by atoms with Crippen molar-refractivity contribution < 1.29 is 19.1 Å². The molecule has 0 fully saturated rings. The van der Waals surface area contributed by atoms with Gasteiger partial charge in [-0.1, -0.05) is 37.3 Å². The molecule has 4 heteroatoms. The normalized spacial score (nSPS) is 10.9. The number of carbonyl (C=O) groups is 2. The van der Waals surface area contributed by atoms with Crippen LogP contribution in [-0.4, -0.2) is 11.9 Å². The number of carbonyl (C=O) groups excluding carboxylic acids is 2. The van der Waals surface area contributed by atoms with Crippen LogP contribution in [0.2, 0.25) is 0 Å². The molecule has 0 bridgehead atoms. The first-order chi connectivity index (χ1) is 10.9. The van der Waals surface area contributed by atoms with Gasteiger partial charge in [0.05, 0.1) is 11.0 Å². The Morgan fingerprint density at radius 1 is 0.870 bits per heavy atom. The Morgan fingerprint density at radius 3 is 1.96 bits per heavy atom. The Kier molecular flexibility index (Phi) is 5.16. The second-order valence-corrected chi connectivity index (χ2v) is 5.83. The van der Waals surface area contributed by atoms with E-state index in [2.05, 4.69) is 0 Å². The maximum Gasteiger partial charge on any atom is 0.343 e. The molecule has 0 saturated heterocycles. The average molecular weight is 312 g/mol. The topological polar surface area (TPSA) is 52.6 Å². The number of rotatable bonds is 5. The van der Waals surface area contributed by atoms with Gasteiger partial charge in [-0.15, -0.1) is 0 Å². The number of para-hydroxylation sites is 2. The van der Waals surface area contributed by atoms with Gasteiger partial charge in [-0.3, -0.25) is 4.79 Å². The molecule has 0 atom stereocenters.